The fraction of sp³-hybridized carbons (Fsp3) is 0.636. The van der Waals surface area contributed by atoms with Crippen LogP contribution in [0.1, 0.15) is 82.7 Å². The molecule has 1 aliphatic rings. The second-order valence-electron chi connectivity index (χ2n) is 7.75. The number of ether oxygens (including phenoxy) is 1. The average molecular weight is 387 g/mol. The summed E-state index contributed by atoms with van der Waals surface area (Å²) in [4.78, 5) is 4.88. The van der Waals surface area contributed by atoms with Crippen molar-refractivity contribution in [3.63, 3.8) is 0 Å². The predicted octanol–water partition coefficient (Wildman–Crippen LogP) is 5.83. The molecule has 3 nitrogen and oxygen atoms in total. The molecule has 0 bridgehead atoms. The van der Waals surface area contributed by atoms with Gasteiger partial charge < -0.3 is 0 Å². The van der Waals surface area contributed by atoms with Crippen LogP contribution in [0.25, 0.3) is 5.69 Å². The molecular weight excluding hydrogens is 355 g/mol. The molecule has 1 fully saturated rings. The Balaban J connectivity index is 1.85. The summed E-state index contributed by atoms with van der Waals surface area (Å²) in [7, 11) is 2.06. The number of benzene rings is 1. The fourth-order valence-corrected chi connectivity index (χ4v) is 4.35. The molecule has 1 aromatic heterocycles. The quantitative estimate of drug-likeness (QED) is 0.598. The van der Waals surface area contributed by atoms with E-state index in [4.69, 9.17) is 21.2 Å². The van der Waals surface area contributed by atoms with Gasteiger partial charge in [0.1, 0.15) is 0 Å². The Hall–Kier alpha value is -1.13. The van der Waals surface area contributed by atoms with E-state index in [9.17, 15) is 0 Å². The van der Waals surface area contributed by atoms with E-state index in [1.54, 1.807) is 0 Å². The van der Waals surface area contributed by atoms with E-state index in [1.165, 1.54) is 22.7 Å². The van der Waals surface area contributed by atoms with E-state index in [0.29, 0.717) is 18.1 Å². The van der Waals surface area contributed by atoms with E-state index >= 15 is 0 Å². The van der Waals surface area contributed by atoms with Crippen molar-refractivity contribution in [1.29, 1.82) is 0 Å². The van der Waals surface area contributed by atoms with Gasteiger partial charge in [0.05, 0.1) is 0 Å². The molecule has 27 heavy (non-hydrogen) atoms. The zero-order chi connectivity index (χ0) is 19.4. The molecule has 1 aliphatic carbocycles. The molecule has 0 saturated heterocycles. The van der Waals surface area contributed by atoms with Gasteiger partial charge in [-0.05, 0) is 0 Å². The first-order valence-electron chi connectivity index (χ1n) is 10.6. The number of aryl methyl sites for hydroxylation is 2. The molecule has 0 N–H and O–H groups in total. The predicted molar refractivity (Wildman–Crippen MR) is 115 cm³/mol. The molecule has 0 spiro atoms. The first-order chi connectivity index (χ1) is 13.1. The van der Waals surface area contributed by atoms with Gasteiger partial charge in [0.15, 0.2) is 0 Å². The van der Waals surface area contributed by atoms with Gasteiger partial charge in [-0.15, -0.1) is 0 Å². The Bertz CT molecular complexity index is 753. The molecular formula is C22H32BClN2O. The van der Waals surface area contributed by atoms with Crippen molar-refractivity contribution < 1.29 is 4.74 Å². The van der Waals surface area contributed by atoms with Gasteiger partial charge in [-0.2, -0.15) is 0 Å². The first-order valence-corrected chi connectivity index (χ1v) is 11.0. The number of halogens is 1. The van der Waals surface area contributed by atoms with E-state index in [-0.39, 0.29) is 0 Å². The van der Waals surface area contributed by atoms with Gasteiger partial charge >= 0.3 is 170 Å². The second kappa shape index (κ2) is 9.38. The number of hydrogen-bond donors (Lipinski definition) is 0. The Labute approximate surface area is 169 Å². The molecule has 0 radical (unpaired) electrons. The summed E-state index contributed by atoms with van der Waals surface area (Å²) in [5.41, 5.74) is 3.80. The summed E-state index contributed by atoms with van der Waals surface area (Å²) in [6.07, 6.45) is 8.35. The third-order valence-electron chi connectivity index (χ3n) is 5.93. The van der Waals surface area contributed by atoms with Crippen LogP contribution in [0, 0.1) is 0 Å². The molecule has 1 heterocycles. The summed E-state index contributed by atoms with van der Waals surface area (Å²) >= 11 is 6.25. The summed E-state index contributed by atoms with van der Waals surface area (Å²) < 4.78 is 8.57. The Morgan fingerprint density at radius 2 is 1.93 bits per heavy atom. The summed E-state index contributed by atoms with van der Waals surface area (Å²) in [6, 6.07) is 6.25. The summed E-state index contributed by atoms with van der Waals surface area (Å²) in [5.74, 6) is 1.72. The Morgan fingerprint density at radius 1 is 1.19 bits per heavy atom. The average Bonchev–Trinajstić information content (AvgIpc) is 3.12. The topological polar surface area (TPSA) is 27.1 Å². The molecule has 1 atom stereocenters. The fourth-order valence-electron chi connectivity index (χ4n) is 4.16. The van der Waals surface area contributed by atoms with Crippen LogP contribution in [0.4, 0.5) is 0 Å². The molecule has 1 saturated carbocycles. The standard InChI is InChI=1S/C22H32BClN2O/c1-5-15(4)27-19-11-8-17(9-12-19)22-25-23-21(7-3)26(22)20-13-10-18(24)14-16(20)6-2/h10,13-15,17,19H,5-9,11-12H2,1-4H3/t15-,17?,19?/m0/s1. The summed E-state index contributed by atoms with van der Waals surface area (Å²) in [5, 5.41) is 0.804. The van der Waals surface area contributed by atoms with Crippen molar-refractivity contribution >= 4 is 18.7 Å². The van der Waals surface area contributed by atoms with Gasteiger partial charge in [0, 0.05) is 0 Å². The molecule has 0 aliphatic heterocycles. The van der Waals surface area contributed by atoms with Crippen LogP contribution < -0.4 is 0 Å². The maximum absolute atomic E-state index is 6.25. The van der Waals surface area contributed by atoms with Crippen LogP contribution in [0.2, 0.25) is 5.02 Å². The van der Waals surface area contributed by atoms with Crippen LogP contribution in [0.5, 0.6) is 0 Å². The van der Waals surface area contributed by atoms with E-state index in [2.05, 4.69) is 51.4 Å². The normalized spacial score (nSPS) is 21.2. The van der Waals surface area contributed by atoms with Gasteiger partial charge in [-0.3, -0.25) is 0 Å². The van der Waals surface area contributed by atoms with Crippen molar-refractivity contribution in [2.24, 2.45) is 0 Å². The molecule has 1 aromatic carbocycles. The van der Waals surface area contributed by atoms with E-state index < -0.39 is 0 Å². The zero-order valence-electron chi connectivity index (χ0n) is 17.2. The van der Waals surface area contributed by atoms with Gasteiger partial charge in [-0.25, -0.2) is 0 Å². The molecule has 5 heteroatoms. The minimum absolute atomic E-state index is 0.362. The molecule has 0 amide bonds. The molecule has 146 valence electrons. The van der Waals surface area contributed by atoms with E-state index in [1.807, 2.05) is 6.07 Å². The van der Waals surface area contributed by atoms with Crippen LogP contribution in [0.3, 0.4) is 0 Å². The number of aromatic nitrogens is 2. The molecule has 2 aromatic rings. The minimum atomic E-state index is 0.362. The Kier molecular flexibility index (Phi) is 7.16. The van der Waals surface area contributed by atoms with Crippen LogP contribution in [-0.4, -0.2) is 28.7 Å². The second-order valence-corrected chi connectivity index (χ2v) is 8.19. The SMILES string of the molecule is CCc1cc(Cl)ccc1-n1c(CC)bnc1C1CCC(O[C@@H](C)CC)CC1. The van der Waals surface area contributed by atoms with Crippen molar-refractivity contribution in [3.8, 4) is 5.69 Å². The van der Waals surface area contributed by atoms with Gasteiger partial charge in [0.25, 0.3) is 0 Å². The first kappa shape index (κ1) is 20.6. The number of nitrogens with zero attached hydrogens (tertiary/aromatic N) is 2. The third kappa shape index (κ3) is 4.66. The van der Waals surface area contributed by atoms with Crippen LogP contribution in [-0.2, 0) is 17.6 Å². The van der Waals surface area contributed by atoms with Gasteiger partial charge in [0.2, 0.25) is 0 Å². The number of hydrogen-bond acceptors (Lipinski definition) is 2. The van der Waals surface area contributed by atoms with Crippen LogP contribution >= 0.6 is 11.6 Å². The van der Waals surface area contributed by atoms with Crippen LogP contribution in [0.15, 0.2) is 18.2 Å². The Morgan fingerprint density at radius 3 is 2.56 bits per heavy atom. The number of rotatable bonds is 7. The van der Waals surface area contributed by atoms with Crippen molar-refractivity contribution in [1.82, 2.24) is 9.46 Å². The zero-order valence-corrected chi connectivity index (χ0v) is 17.9. The van der Waals surface area contributed by atoms with E-state index in [0.717, 1.165) is 50.0 Å². The molecule has 0 unspecified atom stereocenters. The maximum atomic E-state index is 6.25. The van der Waals surface area contributed by atoms with Crippen molar-refractivity contribution in [3.05, 3.63) is 40.2 Å². The summed E-state index contributed by atoms with van der Waals surface area (Å²) in [6.45, 7) is 8.76. The van der Waals surface area contributed by atoms with Crippen molar-refractivity contribution in [2.45, 2.75) is 90.8 Å². The molecule has 3 rings (SSSR count). The van der Waals surface area contributed by atoms with Crippen molar-refractivity contribution in [2.75, 3.05) is 0 Å². The van der Waals surface area contributed by atoms with Gasteiger partial charge in [-0.1, -0.05) is 0 Å². The third-order valence-corrected chi connectivity index (χ3v) is 6.16. The monoisotopic (exact) mass is 386 g/mol.